The average molecular weight is 408 g/mol. The Morgan fingerprint density at radius 3 is 2.39 bits per heavy atom. The molecular weight excluding hydrogens is 384 g/mol. The fourth-order valence-corrected chi connectivity index (χ4v) is 2.88. The van der Waals surface area contributed by atoms with Crippen LogP contribution in [0.2, 0.25) is 0 Å². The maximum absolute atomic E-state index is 12.8. The highest BCUT2D eigenvalue weighted by atomic mass is 16.5. The lowest BCUT2D eigenvalue weighted by atomic mass is 10.1. The van der Waals surface area contributed by atoms with Gasteiger partial charge in [-0.05, 0) is 42.0 Å². The molecule has 0 heterocycles. The zero-order valence-corrected chi connectivity index (χ0v) is 17.5. The number of methoxy groups -OCH3 is 1. The predicted molar refractivity (Wildman–Crippen MR) is 125 cm³/mol. The summed E-state index contributed by atoms with van der Waals surface area (Å²) in [6.45, 7) is 3.80. The van der Waals surface area contributed by atoms with Crippen molar-refractivity contribution in [2.24, 2.45) is 0 Å². The summed E-state index contributed by atoms with van der Waals surface area (Å²) in [5.41, 5.74) is 2.98. The van der Waals surface area contributed by atoms with Crippen molar-refractivity contribution in [1.29, 1.82) is 0 Å². The van der Waals surface area contributed by atoms with Crippen LogP contribution in [0.5, 0.6) is 5.75 Å². The molecule has 31 heavy (non-hydrogen) atoms. The fourth-order valence-electron chi connectivity index (χ4n) is 2.88. The first kappa shape index (κ1) is 21.7. The first-order chi connectivity index (χ1) is 15.2. The molecule has 0 aromatic heterocycles. The maximum atomic E-state index is 12.8. The molecule has 0 fully saturated rings. The maximum Gasteiger partial charge on any atom is 0.340 e. The number of hydrogen-bond acceptors (Lipinski definition) is 3. The monoisotopic (exact) mass is 408 g/mol. The summed E-state index contributed by atoms with van der Waals surface area (Å²) in [6.07, 6.45) is 5.74. The van der Waals surface area contributed by atoms with E-state index in [1.54, 1.807) is 25.3 Å². The van der Waals surface area contributed by atoms with Crippen LogP contribution in [0.1, 0.15) is 33.5 Å². The standard InChI is InChI=1S/C28H24O3/c1-3-25(14-9-12-22-10-5-4-6-11-22)31-28(29)27-15-8-7-13-24(27)19-16-23-17-20-26(30-2)21-18-23/h3-13,15,17-18,20-21,25H,1,14H2,2H3/b12-9+. The van der Waals surface area contributed by atoms with Crippen LogP contribution in [0, 0.1) is 11.8 Å². The second kappa shape index (κ2) is 11.2. The Kier molecular flexibility index (Phi) is 7.85. The minimum atomic E-state index is -0.421. The van der Waals surface area contributed by atoms with Gasteiger partial charge in [0, 0.05) is 17.5 Å². The summed E-state index contributed by atoms with van der Waals surface area (Å²) in [5.74, 6) is 6.51. The van der Waals surface area contributed by atoms with Gasteiger partial charge >= 0.3 is 5.97 Å². The zero-order chi connectivity index (χ0) is 21.9. The van der Waals surface area contributed by atoms with E-state index in [0.717, 1.165) is 16.9 Å². The van der Waals surface area contributed by atoms with E-state index < -0.39 is 12.1 Å². The predicted octanol–water partition coefficient (Wildman–Crippen LogP) is 5.91. The third kappa shape index (κ3) is 6.48. The molecule has 3 aromatic rings. The number of benzene rings is 3. The minimum absolute atomic E-state index is 0.419. The van der Waals surface area contributed by atoms with Crippen LogP contribution >= 0.6 is 0 Å². The summed E-state index contributed by atoms with van der Waals surface area (Å²) >= 11 is 0. The molecule has 0 N–H and O–H groups in total. The summed E-state index contributed by atoms with van der Waals surface area (Å²) in [7, 11) is 1.62. The van der Waals surface area contributed by atoms with Crippen LogP contribution in [-0.2, 0) is 4.74 Å². The highest BCUT2D eigenvalue weighted by Crippen LogP contribution is 2.14. The second-order valence-corrected chi connectivity index (χ2v) is 6.75. The van der Waals surface area contributed by atoms with Gasteiger partial charge in [-0.2, -0.15) is 0 Å². The van der Waals surface area contributed by atoms with Gasteiger partial charge in [0.25, 0.3) is 0 Å². The van der Waals surface area contributed by atoms with Crippen molar-refractivity contribution >= 4 is 12.0 Å². The highest BCUT2D eigenvalue weighted by molar-refractivity contribution is 5.92. The van der Waals surface area contributed by atoms with Crippen molar-refractivity contribution in [3.63, 3.8) is 0 Å². The first-order valence-corrected chi connectivity index (χ1v) is 10.00. The van der Waals surface area contributed by atoms with Crippen LogP contribution in [0.25, 0.3) is 6.08 Å². The summed E-state index contributed by atoms with van der Waals surface area (Å²) < 4.78 is 10.8. The van der Waals surface area contributed by atoms with Gasteiger partial charge in [0.1, 0.15) is 11.9 Å². The molecule has 1 atom stereocenters. The molecular formula is C28H24O3. The van der Waals surface area contributed by atoms with Crippen LogP contribution in [0.4, 0.5) is 0 Å². The van der Waals surface area contributed by atoms with Crippen LogP contribution < -0.4 is 4.74 Å². The number of carbonyl (C=O) groups is 1. The number of rotatable bonds is 7. The summed E-state index contributed by atoms with van der Waals surface area (Å²) in [5, 5.41) is 0. The Balaban J connectivity index is 1.69. The molecule has 0 aliphatic heterocycles. The fraction of sp³-hybridized carbons (Fsp3) is 0.107. The first-order valence-electron chi connectivity index (χ1n) is 10.00. The average Bonchev–Trinajstić information content (AvgIpc) is 2.83. The van der Waals surface area contributed by atoms with Crippen molar-refractivity contribution in [3.8, 4) is 17.6 Å². The van der Waals surface area contributed by atoms with Crippen LogP contribution in [-0.4, -0.2) is 19.2 Å². The molecule has 0 aliphatic rings. The van der Waals surface area contributed by atoms with E-state index in [4.69, 9.17) is 9.47 Å². The molecule has 0 amide bonds. The van der Waals surface area contributed by atoms with Gasteiger partial charge in [-0.15, -0.1) is 0 Å². The highest BCUT2D eigenvalue weighted by Gasteiger charge is 2.15. The number of carbonyl (C=O) groups excluding carboxylic acids is 1. The van der Waals surface area contributed by atoms with Crippen molar-refractivity contribution in [2.75, 3.05) is 7.11 Å². The van der Waals surface area contributed by atoms with E-state index in [2.05, 4.69) is 18.4 Å². The number of hydrogen-bond donors (Lipinski definition) is 0. The lowest BCUT2D eigenvalue weighted by Gasteiger charge is -2.13. The molecule has 0 aliphatic carbocycles. The van der Waals surface area contributed by atoms with Crippen molar-refractivity contribution in [1.82, 2.24) is 0 Å². The number of esters is 1. The molecule has 0 bridgehead atoms. The summed E-state index contributed by atoms with van der Waals surface area (Å²) in [4.78, 5) is 12.8. The lowest BCUT2D eigenvalue weighted by Crippen LogP contribution is -2.16. The minimum Gasteiger partial charge on any atom is -0.497 e. The molecule has 1 unspecified atom stereocenters. The van der Waals surface area contributed by atoms with Gasteiger partial charge in [-0.3, -0.25) is 0 Å². The van der Waals surface area contributed by atoms with Gasteiger partial charge < -0.3 is 9.47 Å². The molecule has 0 spiro atoms. The molecule has 154 valence electrons. The molecule has 3 aromatic carbocycles. The van der Waals surface area contributed by atoms with Crippen molar-refractivity contribution in [2.45, 2.75) is 12.5 Å². The van der Waals surface area contributed by atoms with Gasteiger partial charge in [0.05, 0.1) is 12.7 Å². The van der Waals surface area contributed by atoms with Crippen molar-refractivity contribution < 1.29 is 14.3 Å². The summed E-state index contributed by atoms with van der Waals surface area (Å²) in [6, 6.07) is 24.6. The second-order valence-electron chi connectivity index (χ2n) is 6.75. The van der Waals surface area contributed by atoms with Crippen LogP contribution in [0.15, 0.2) is 97.6 Å². The smallest absolute Gasteiger partial charge is 0.340 e. The van der Waals surface area contributed by atoms with Gasteiger partial charge in [-0.25, -0.2) is 4.79 Å². The molecule has 0 radical (unpaired) electrons. The van der Waals surface area contributed by atoms with E-state index >= 15 is 0 Å². The molecule has 0 saturated heterocycles. The third-order valence-electron chi connectivity index (χ3n) is 4.58. The van der Waals surface area contributed by atoms with Gasteiger partial charge in [-0.1, -0.05) is 79.1 Å². The SMILES string of the molecule is C=CC(C/C=C/c1ccccc1)OC(=O)c1ccccc1C#Cc1ccc(OC)cc1. The largest absolute Gasteiger partial charge is 0.497 e. The normalized spacial score (nSPS) is 11.3. The zero-order valence-electron chi connectivity index (χ0n) is 17.5. The van der Waals surface area contributed by atoms with E-state index in [9.17, 15) is 4.79 Å². The Labute approximate surface area is 183 Å². The molecule has 3 rings (SSSR count). The number of ether oxygens (including phenoxy) is 2. The lowest BCUT2D eigenvalue weighted by molar-refractivity contribution is 0.0400. The van der Waals surface area contributed by atoms with Crippen LogP contribution in [0.3, 0.4) is 0 Å². The molecule has 3 heteroatoms. The quantitative estimate of drug-likeness (QED) is 0.277. The Morgan fingerprint density at radius 2 is 1.68 bits per heavy atom. The van der Waals surface area contributed by atoms with Gasteiger partial charge in [0.15, 0.2) is 0 Å². The van der Waals surface area contributed by atoms with Crippen molar-refractivity contribution in [3.05, 3.63) is 120 Å². The van der Waals surface area contributed by atoms with Gasteiger partial charge in [0.2, 0.25) is 0 Å². The molecule has 0 saturated carbocycles. The topological polar surface area (TPSA) is 35.5 Å². The van der Waals surface area contributed by atoms with E-state index in [0.29, 0.717) is 17.5 Å². The molecule has 3 nitrogen and oxygen atoms in total. The van der Waals surface area contributed by atoms with E-state index in [-0.39, 0.29) is 0 Å². The van der Waals surface area contributed by atoms with E-state index in [1.165, 1.54) is 0 Å². The Morgan fingerprint density at radius 1 is 0.968 bits per heavy atom. The Hall–Kier alpha value is -4.03. The third-order valence-corrected chi connectivity index (χ3v) is 4.58. The Bertz CT molecular complexity index is 1100. The van der Waals surface area contributed by atoms with E-state index in [1.807, 2.05) is 78.9 Å².